The molecule has 1 atom stereocenters. The quantitative estimate of drug-likeness (QED) is 0.906. The zero-order valence-corrected chi connectivity index (χ0v) is 12.4. The highest BCUT2D eigenvalue weighted by atomic mass is 79.9. The van der Waals surface area contributed by atoms with Crippen molar-refractivity contribution in [2.24, 2.45) is 11.7 Å². The first-order valence-corrected chi connectivity index (χ1v) is 7.23. The Morgan fingerprint density at radius 3 is 2.72 bits per heavy atom. The van der Waals surface area contributed by atoms with Gasteiger partial charge in [0.2, 0.25) is 0 Å². The molecule has 0 amide bonds. The van der Waals surface area contributed by atoms with Gasteiger partial charge in [-0.25, -0.2) is 0 Å². The van der Waals surface area contributed by atoms with E-state index in [-0.39, 0.29) is 6.04 Å². The number of likely N-dealkylation sites (N-methyl/N-ethyl adjacent to an activating group) is 1. The van der Waals surface area contributed by atoms with Gasteiger partial charge in [-0.3, -0.25) is 4.90 Å². The molecule has 1 aromatic heterocycles. The second-order valence-electron chi connectivity index (χ2n) is 4.89. The van der Waals surface area contributed by atoms with E-state index in [2.05, 4.69) is 27.9 Å². The summed E-state index contributed by atoms with van der Waals surface area (Å²) in [7, 11) is 2.11. The maximum atomic E-state index is 5.88. The molecular formula is C13H21BrN2O2. The topological polar surface area (TPSA) is 51.6 Å². The molecule has 1 saturated heterocycles. The van der Waals surface area contributed by atoms with E-state index in [1.54, 1.807) is 0 Å². The smallest absolute Gasteiger partial charge is 0.169 e. The molecule has 2 heterocycles. The predicted octanol–water partition coefficient (Wildman–Crippen LogP) is 2.40. The minimum absolute atomic E-state index is 0.152. The van der Waals surface area contributed by atoms with Gasteiger partial charge in [-0.15, -0.1) is 0 Å². The number of furan rings is 1. The van der Waals surface area contributed by atoms with Crippen molar-refractivity contribution in [2.45, 2.75) is 18.9 Å². The lowest BCUT2D eigenvalue weighted by Crippen LogP contribution is -2.35. The van der Waals surface area contributed by atoms with Crippen molar-refractivity contribution in [1.29, 1.82) is 0 Å². The van der Waals surface area contributed by atoms with E-state index in [1.807, 2.05) is 12.1 Å². The van der Waals surface area contributed by atoms with Crippen LogP contribution in [0.15, 0.2) is 21.2 Å². The van der Waals surface area contributed by atoms with E-state index in [0.29, 0.717) is 12.5 Å². The molecule has 18 heavy (non-hydrogen) atoms. The van der Waals surface area contributed by atoms with Crippen LogP contribution in [-0.2, 0) is 4.74 Å². The normalized spacial score (nSPS) is 19.3. The van der Waals surface area contributed by atoms with Crippen LogP contribution in [0.1, 0.15) is 24.6 Å². The molecule has 2 N–H and O–H groups in total. The van der Waals surface area contributed by atoms with Crippen molar-refractivity contribution in [2.75, 3.05) is 33.4 Å². The van der Waals surface area contributed by atoms with Crippen LogP contribution in [0.2, 0.25) is 0 Å². The second-order valence-corrected chi connectivity index (χ2v) is 5.67. The Bertz CT molecular complexity index is 364. The molecule has 0 saturated carbocycles. The Morgan fingerprint density at radius 1 is 1.44 bits per heavy atom. The molecule has 4 nitrogen and oxygen atoms in total. The van der Waals surface area contributed by atoms with Gasteiger partial charge in [0, 0.05) is 26.3 Å². The Balaban J connectivity index is 1.94. The maximum absolute atomic E-state index is 5.88. The minimum atomic E-state index is 0.152. The molecule has 1 aliphatic rings. The third-order valence-corrected chi connectivity index (χ3v) is 3.99. The van der Waals surface area contributed by atoms with Crippen LogP contribution >= 0.6 is 15.9 Å². The summed E-state index contributed by atoms with van der Waals surface area (Å²) in [5, 5.41) is 0. The van der Waals surface area contributed by atoms with Crippen LogP contribution in [0.4, 0.5) is 0 Å². The van der Waals surface area contributed by atoms with Crippen LogP contribution in [-0.4, -0.2) is 38.3 Å². The van der Waals surface area contributed by atoms with Crippen molar-refractivity contribution < 1.29 is 9.15 Å². The summed E-state index contributed by atoms with van der Waals surface area (Å²) in [6, 6.07) is 4.06. The summed E-state index contributed by atoms with van der Waals surface area (Å²) in [6.07, 6.45) is 2.28. The summed E-state index contributed by atoms with van der Waals surface area (Å²) >= 11 is 3.33. The lowest BCUT2D eigenvalue weighted by atomic mass is 9.99. The Morgan fingerprint density at radius 2 is 2.17 bits per heavy atom. The van der Waals surface area contributed by atoms with Gasteiger partial charge in [-0.2, -0.15) is 0 Å². The number of ether oxygens (including phenoxy) is 1. The first kappa shape index (κ1) is 14.1. The predicted molar refractivity (Wildman–Crippen MR) is 74.4 cm³/mol. The minimum Gasteiger partial charge on any atom is -0.453 e. The van der Waals surface area contributed by atoms with Crippen molar-refractivity contribution in [3.63, 3.8) is 0 Å². The Labute approximate surface area is 117 Å². The maximum Gasteiger partial charge on any atom is 0.169 e. The first-order valence-electron chi connectivity index (χ1n) is 6.44. The highest BCUT2D eigenvalue weighted by Gasteiger charge is 2.23. The molecule has 0 bridgehead atoms. The van der Waals surface area contributed by atoms with Crippen molar-refractivity contribution in [3.8, 4) is 0 Å². The fraction of sp³-hybridized carbons (Fsp3) is 0.692. The third kappa shape index (κ3) is 3.57. The second kappa shape index (κ2) is 6.70. The summed E-state index contributed by atoms with van der Waals surface area (Å²) in [4.78, 5) is 2.29. The van der Waals surface area contributed by atoms with Gasteiger partial charge in [0.05, 0.1) is 6.04 Å². The zero-order valence-electron chi connectivity index (χ0n) is 10.8. The van der Waals surface area contributed by atoms with E-state index in [1.165, 1.54) is 0 Å². The number of rotatable bonds is 5. The van der Waals surface area contributed by atoms with Crippen LogP contribution in [0.3, 0.4) is 0 Å². The largest absolute Gasteiger partial charge is 0.453 e. The molecule has 0 radical (unpaired) electrons. The van der Waals surface area contributed by atoms with E-state index >= 15 is 0 Å². The first-order chi connectivity index (χ1) is 8.70. The van der Waals surface area contributed by atoms with Gasteiger partial charge in [-0.05, 0) is 53.9 Å². The number of hydrogen-bond acceptors (Lipinski definition) is 4. The van der Waals surface area contributed by atoms with Crippen LogP contribution in [0.5, 0.6) is 0 Å². The number of nitrogens with two attached hydrogens (primary N) is 1. The SMILES string of the molecule is CN(CC1CCOCC1)C(CN)c1ccc(Br)o1. The van der Waals surface area contributed by atoms with Crippen LogP contribution in [0.25, 0.3) is 0 Å². The van der Waals surface area contributed by atoms with Gasteiger partial charge < -0.3 is 14.9 Å². The number of halogens is 1. The summed E-state index contributed by atoms with van der Waals surface area (Å²) in [6.45, 7) is 3.39. The molecule has 0 aliphatic carbocycles. The Hall–Kier alpha value is -0.360. The Kier molecular flexibility index (Phi) is 5.24. The monoisotopic (exact) mass is 316 g/mol. The lowest BCUT2D eigenvalue weighted by Gasteiger charge is -2.31. The molecule has 1 unspecified atom stereocenters. The van der Waals surface area contributed by atoms with Gasteiger partial charge in [0.15, 0.2) is 4.67 Å². The van der Waals surface area contributed by atoms with Gasteiger partial charge in [0.1, 0.15) is 5.76 Å². The molecule has 5 heteroatoms. The molecule has 0 aromatic carbocycles. The summed E-state index contributed by atoms with van der Waals surface area (Å²) < 4.78 is 11.8. The summed E-state index contributed by atoms with van der Waals surface area (Å²) in [5.74, 6) is 1.63. The number of hydrogen-bond donors (Lipinski definition) is 1. The fourth-order valence-corrected chi connectivity index (χ4v) is 2.80. The van der Waals surface area contributed by atoms with E-state index in [0.717, 1.165) is 43.0 Å². The van der Waals surface area contributed by atoms with E-state index in [4.69, 9.17) is 14.9 Å². The molecular weight excluding hydrogens is 296 g/mol. The highest BCUT2D eigenvalue weighted by molar-refractivity contribution is 9.10. The van der Waals surface area contributed by atoms with Crippen molar-refractivity contribution in [1.82, 2.24) is 4.90 Å². The molecule has 1 aliphatic heterocycles. The van der Waals surface area contributed by atoms with E-state index < -0.39 is 0 Å². The van der Waals surface area contributed by atoms with Gasteiger partial charge in [-0.1, -0.05) is 0 Å². The van der Waals surface area contributed by atoms with Gasteiger partial charge >= 0.3 is 0 Å². The lowest BCUT2D eigenvalue weighted by molar-refractivity contribution is 0.0492. The molecule has 0 spiro atoms. The molecule has 1 fully saturated rings. The fourth-order valence-electron chi connectivity index (χ4n) is 2.48. The third-order valence-electron chi connectivity index (χ3n) is 3.56. The van der Waals surface area contributed by atoms with Crippen molar-refractivity contribution in [3.05, 3.63) is 22.6 Å². The van der Waals surface area contributed by atoms with E-state index in [9.17, 15) is 0 Å². The highest BCUT2D eigenvalue weighted by Crippen LogP contribution is 2.26. The molecule has 1 aromatic rings. The average molecular weight is 317 g/mol. The summed E-state index contributed by atoms with van der Waals surface area (Å²) in [5.41, 5.74) is 5.88. The van der Waals surface area contributed by atoms with Gasteiger partial charge in [0.25, 0.3) is 0 Å². The number of nitrogens with zero attached hydrogens (tertiary/aromatic N) is 1. The zero-order chi connectivity index (χ0) is 13.0. The van der Waals surface area contributed by atoms with Crippen LogP contribution in [0, 0.1) is 5.92 Å². The van der Waals surface area contributed by atoms with Crippen LogP contribution < -0.4 is 5.73 Å². The average Bonchev–Trinajstić information content (AvgIpc) is 2.78. The standard InChI is InChI=1S/C13H21BrN2O2/c1-16(9-10-4-6-17-7-5-10)11(8-15)12-2-3-13(14)18-12/h2-3,10-11H,4-9,15H2,1H3. The molecule has 102 valence electrons. The van der Waals surface area contributed by atoms with Crippen molar-refractivity contribution >= 4 is 15.9 Å². The molecule has 2 rings (SSSR count).